The van der Waals surface area contributed by atoms with Gasteiger partial charge in [-0.05, 0) is 19.1 Å². The van der Waals surface area contributed by atoms with Crippen molar-refractivity contribution in [1.29, 1.82) is 0 Å². The van der Waals surface area contributed by atoms with Crippen molar-refractivity contribution < 1.29 is 5.11 Å². The molecule has 2 rings (SSSR count). The van der Waals surface area contributed by atoms with Gasteiger partial charge in [-0.1, -0.05) is 13.3 Å². The highest BCUT2D eigenvalue weighted by Gasteiger charge is 2.38. The summed E-state index contributed by atoms with van der Waals surface area (Å²) >= 11 is 1.58. The molecule has 1 fully saturated rings. The number of hydrogen-bond acceptors (Lipinski definition) is 5. The Hall–Kier alpha value is -0.810. The molecular formula is C12H19N3OS. The van der Waals surface area contributed by atoms with Crippen LogP contribution in [0, 0.1) is 5.41 Å². The number of nitrogens with zero attached hydrogens (tertiary/aromatic N) is 2. The van der Waals surface area contributed by atoms with Gasteiger partial charge in [0.2, 0.25) is 0 Å². The normalized spacial score (nSPS) is 28.3. The molecule has 0 aromatic carbocycles. The van der Waals surface area contributed by atoms with Crippen molar-refractivity contribution in [1.82, 2.24) is 9.97 Å². The van der Waals surface area contributed by atoms with Gasteiger partial charge in [0, 0.05) is 11.5 Å². The van der Waals surface area contributed by atoms with E-state index in [2.05, 4.69) is 22.2 Å². The molecule has 0 bridgehead atoms. The third kappa shape index (κ3) is 2.72. The van der Waals surface area contributed by atoms with Gasteiger partial charge in [0.25, 0.3) is 0 Å². The zero-order chi connectivity index (χ0) is 12.3. The van der Waals surface area contributed by atoms with Gasteiger partial charge in [0.15, 0.2) is 0 Å². The van der Waals surface area contributed by atoms with E-state index in [0.717, 1.165) is 30.1 Å². The summed E-state index contributed by atoms with van der Waals surface area (Å²) in [6.07, 6.45) is 8.80. The molecule has 1 aromatic rings. The average molecular weight is 253 g/mol. The lowest BCUT2D eigenvalue weighted by Crippen LogP contribution is -2.36. The van der Waals surface area contributed by atoms with E-state index in [-0.39, 0.29) is 12.0 Å². The maximum Gasteiger partial charge on any atom is 0.146 e. The van der Waals surface area contributed by atoms with E-state index in [1.165, 1.54) is 0 Å². The summed E-state index contributed by atoms with van der Waals surface area (Å²) in [6.45, 7) is 2.35. The SMILES string of the molecule is CSc1cncc(NC2CCCC2(C)CO)n1. The molecule has 2 N–H and O–H groups in total. The first-order valence-corrected chi connectivity index (χ1v) is 7.14. The summed E-state index contributed by atoms with van der Waals surface area (Å²) in [5.41, 5.74) is -0.0307. The van der Waals surface area contributed by atoms with Crippen LogP contribution in [0.4, 0.5) is 5.82 Å². The second kappa shape index (κ2) is 5.23. The number of anilines is 1. The Kier molecular flexibility index (Phi) is 3.89. The highest BCUT2D eigenvalue weighted by Crippen LogP contribution is 2.38. The molecule has 0 amide bonds. The van der Waals surface area contributed by atoms with Gasteiger partial charge in [0.05, 0.1) is 19.0 Å². The Labute approximate surface area is 106 Å². The van der Waals surface area contributed by atoms with Crippen molar-refractivity contribution in [3.8, 4) is 0 Å². The molecule has 4 nitrogen and oxygen atoms in total. The predicted octanol–water partition coefficient (Wildman–Crippen LogP) is 2.16. The zero-order valence-corrected chi connectivity index (χ0v) is 11.1. The number of hydrogen-bond donors (Lipinski definition) is 2. The molecule has 0 spiro atoms. The third-order valence-corrected chi connectivity index (χ3v) is 4.20. The summed E-state index contributed by atoms with van der Waals surface area (Å²) in [5.74, 6) is 0.809. The highest BCUT2D eigenvalue weighted by molar-refractivity contribution is 7.98. The first-order chi connectivity index (χ1) is 8.18. The second-order valence-corrected chi connectivity index (χ2v) is 5.67. The van der Waals surface area contributed by atoms with Gasteiger partial charge in [-0.2, -0.15) is 0 Å². The van der Waals surface area contributed by atoms with E-state index in [4.69, 9.17) is 0 Å². The Balaban J connectivity index is 2.09. The Morgan fingerprint density at radius 2 is 2.41 bits per heavy atom. The lowest BCUT2D eigenvalue weighted by molar-refractivity contribution is 0.139. The smallest absolute Gasteiger partial charge is 0.146 e. The van der Waals surface area contributed by atoms with Crippen molar-refractivity contribution in [2.45, 2.75) is 37.3 Å². The molecule has 2 unspecified atom stereocenters. The topological polar surface area (TPSA) is 58.0 Å². The van der Waals surface area contributed by atoms with Crippen LogP contribution in [0.1, 0.15) is 26.2 Å². The summed E-state index contributed by atoms with van der Waals surface area (Å²) in [6, 6.07) is 0.291. The van der Waals surface area contributed by atoms with Gasteiger partial charge in [-0.25, -0.2) is 4.98 Å². The van der Waals surface area contributed by atoms with E-state index in [1.54, 1.807) is 24.2 Å². The van der Waals surface area contributed by atoms with Crippen molar-refractivity contribution >= 4 is 17.6 Å². The van der Waals surface area contributed by atoms with Gasteiger partial charge in [-0.3, -0.25) is 4.98 Å². The van der Waals surface area contributed by atoms with Crippen molar-refractivity contribution in [3.63, 3.8) is 0 Å². The molecule has 1 aliphatic carbocycles. The van der Waals surface area contributed by atoms with Crippen LogP contribution in [0.15, 0.2) is 17.4 Å². The summed E-state index contributed by atoms with van der Waals surface area (Å²) < 4.78 is 0. The third-order valence-electron chi connectivity index (χ3n) is 3.59. The minimum atomic E-state index is -0.0307. The lowest BCUT2D eigenvalue weighted by Gasteiger charge is -2.30. The quantitative estimate of drug-likeness (QED) is 0.805. The molecular weight excluding hydrogens is 234 g/mol. The first-order valence-electron chi connectivity index (χ1n) is 5.91. The van der Waals surface area contributed by atoms with Crippen LogP contribution in [-0.2, 0) is 0 Å². The molecule has 1 heterocycles. The molecule has 1 saturated carbocycles. The van der Waals surface area contributed by atoms with Crippen LogP contribution in [0.2, 0.25) is 0 Å². The van der Waals surface area contributed by atoms with Gasteiger partial charge >= 0.3 is 0 Å². The van der Waals surface area contributed by atoms with Crippen LogP contribution in [0.5, 0.6) is 0 Å². The summed E-state index contributed by atoms with van der Waals surface area (Å²) in [7, 11) is 0. The summed E-state index contributed by atoms with van der Waals surface area (Å²) in [4.78, 5) is 8.63. The van der Waals surface area contributed by atoms with Crippen LogP contribution in [0.25, 0.3) is 0 Å². The highest BCUT2D eigenvalue weighted by atomic mass is 32.2. The van der Waals surface area contributed by atoms with Crippen molar-refractivity contribution in [2.75, 3.05) is 18.2 Å². The monoisotopic (exact) mass is 253 g/mol. The van der Waals surface area contributed by atoms with Crippen LogP contribution in [-0.4, -0.2) is 34.0 Å². The van der Waals surface area contributed by atoms with Gasteiger partial charge in [0.1, 0.15) is 10.8 Å². The maximum absolute atomic E-state index is 9.49. The molecule has 1 aliphatic rings. The molecule has 17 heavy (non-hydrogen) atoms. The van der Waals surface area contributed by atoms with E-state index in [0.29, 0.717) is 6.04 Å². The number of rotatable bonds is 4. The Bertz CT molecular complexity index is 388. The Morgan fingerprint density at radius 1 is 1.59 bits per heavy atom. The standard InChI is InChI=1S/C12H19N3OS/c1-12(8-16)5-3-4-9(12)14-10-6-13-7-11(15-10)17-2/h6-7,9,16H,3-5,8H2,1-2H3,(H,14,15). The van der Waals surface area contributed by atoms with Crippen molar-refractivity contribution in [2.24, 2.45) is 5.41 Å². The molecule has 5 heteroatoms. The van der Waals surface area contributed by atoms with E-state index in [1.807, 2.05) is 6.26 Å². The predicted molar refractivity (Wildman–Crippen MR) is 70.3 cm³/mol. The minimum Gasteiger partial charge on any atom is -0.396 e. The number of aliphatic hydroxyl groups excluding tert-OH is 1. The molecule has 0 saturated heterocycles. The number of aliphatic hydroxyl groups is 1. The van der Waals surface area contributed by atoms with Crippen LogP contribution in [0.3, 0.4) is 0 Å². The van der Waals surface area contributed by atoms with Gasteiger partial charge < -0.3 is 10.4 Å². The average Bonchev–Trinajstić information content (AvgIpc) is 2.72. The fourth-order valence-corrected chi connectivity index (χ4v) is 2.72. The number of thioether (sulfide) groups is 1. The van der Waals surface area contributed by atoms with E-state index in [9.17, 15) is 5.11 Å². The molecule has 2 atom stereocenters. The van der Waals surface area contributed by atoms with E-state index >= 15 is 0 Å². The lowest BCUT2D eigenvalue weighted by atomic mass is 9.86. The fourth-order valence-electron chi connectivity index (χ4n) is 2.36. The second-order valence-electron chi connectivity index (χ2n) is 4.85. The molecule has 0 aliphatic heterocycles. The van der Waals surface area contributed by atoms with Crippen LogP contribution >= 0.6 is 11.8 Å². The molecule has 1 aromatic heterocycles. The fraction of sp³-hybridized carbons (Fsp3) is 0.667. The minimum absolute atomic E-state index is 0.0307. The summed E-state index contributed by atoms with van der Waals surface area (Å²) in [5, 5.41) is 13.8. The van der Waals surface area contributed by atoms with Crippen LogP contribution < -0.4 is 5.32 Å². The van der Waals surface area contributed by atoms with E-state index < -0.39 is 0 Å². The van der Waals surface area contributed by atoms with Crippen molar-refractivity contribution in [3.05, 3.63) is 12.4 Å². The molecule has 0 radical (unpaired) electrons. The zero-order valence-electron chi connectivity index (χ0n) is 10.3. The maximum atomic E-state index is 9.49. The number of nitrogens with one attached hydrogen (secondary N) is 1. The van der Waals surface area contributed by atoms with Gasteiger partial charge in [-0.15, -0.1) is 11.8 Å². The largest absolute Gasteiger partial charge is 0.396 e. The molecule has 94 valence electrons. The Morgan fingerprint density at radius 3 is 3.12 bits per heavy atom. The number of aromatic nitrogens is 2. The first kappa shape index (κ1) is 12.6.